The number of sulfonamides is 1. The van der Waals surface area contributed by atoms with Crippen molar-refractivity contribution in [2.75, 3.05) is 11.9 Å². The van der Waals surface area contributed by atoms with Crippen molar-refractivity contribution < 1.29 is 13.2 Å². The first-order valence-corrected chi connectivity index (χ1v) is 12.9. The lowest BCUT2D eigenvalue weighted by Crippen LogP contribution is -2.43. The van der Waals surface area contributed by atoms with E-state index in [0.717, 1.165) is 20.4 Å². The lowest BCUT2D eigenvalue weighted by atomic mass is 10.2. The van der Waals surface area contributed by atoms with Crippen LogP contribution in [0.1, 0.15) is 18.4 Å². The summed E-state index contributed by atoms with van der Waals surface area (Å²) in [7, 11) is -3.73. The van der Waals surface area contributed by atoms with Gasteiger partial charge in [0, 0.05) is 21.1 Å². The van der Waals surface area contributed by atoms with Gasteiger partial charge in [-0.25, -0.2) is 13.4 Å². The predicted octanol–water partition coefficient (Wildman–Crippen LogP) is 4.51. The minimum atomic E-state index is -3.73. The zero-order valence-electron chi connectivity index (χ0n) is 16.2. The van der Waals surface area contributed by atoms with E-state index >= 15 is 0 Å². The maximum atomic E-state index is 13.1. The summed E-state index contributed by atoms with van der Waals surface area (Å²) in [4.78, 5) is 17.6. The molecule has 1 atom stereocenters. The van der Waals surface area contributed by atoms with Crippen LogP contribution in [-0.4, -0.2) is 36.2 Å². The molecule has 1 aromatic heterocycles. The van der Waals surface area contributed by atoms with Crippen LogP contribution in [0.5, 0.6) is 0 Å². The van der Waals surface area contributed by atoms with Crippen LogP contribution < -0.4 is 5.32 Å². The first-order valence-electron chi connectivity index (χ1n) is 9.45. The van der Waals surface area contributed by atoms with Crippen LogP contribution in [0.15, 0.2) is 58.8 Å². The van der Waals surface area contributed by atoms with Gasteiger partial charge in [-0.15, -0.1) is 11.3 Å². The Labute approximate surface area is 193 Å². The number of anilines is 1. The molecule has 1 unspecified atom stereocenters. The zero-order chi connectivity index (χ0) is 21.3. The molecule has 1 saturated heterocycles. The summed E-state index contributed by atoms with van der Waals surface area (Å²) in [6.07, 6.45) is 1.14. The van der Waals surface area contributed by atoms with Gasteiger partial charge >= 0.3 is 0 Å². The van der Waals surface area contributed by atoms with Gasteiger partial charge in [-0.2, -0.15) is 4.31 Å². The van der Waals surface area contributed by atoms with Gasteiger partial charge < -0.3 is 5.32 Å². The molecule has 1 aliphatic rings. The minimum absolute atomic E-state index is 0.211. The van der Waals surface area contributed by atoms with Crippen molar-refractivity contribution in [2.45, 2.75) is 30.7 Å². The fraction of sp³-hybridized carbons (Fsp3) is 0.238. The molecular weight excluding hydrogens is 533 g/mol. The van der Waals surface area contributed by atoms with E-state index in [1.54, 1.807) is 24.3 Å². The molecule has 3 aromatic rings. The molecule has 1 N–H and O–H groups in total. The van der Waals surface area contributed by atoms with Crippen LogP contribution in [0.2, 0.25) is 0 Å². The number of nitrogens with one attached hydrogen (secondary N) is 1. The predicted molar refractivity (Wildman–Crippen MR) is 127 cm³/mol. The van der Waals surface area contributed by atoms with Crippen molar-refractivity contribution >= 4 is 55.0 Å². The Kier molecular flexibility index (Phi) is 6.24. The molecule has 0 aliphatic carbocycles. The Morgan fingerprint density at radius 2 is 1.87 bits per heavy atom. The maximum absolute atomic E-state index is 13.1. The molecule has 2 aromatic carbocycles. The van der Waals surface area contributed by atoms with E-state index in [1.165, 1.54) is 15.6 Å². The standard InChI is InChI=1S/C21H20IN3O3S2/c1-14-4-10-17(11-5-14)30(27,28)25-12-2-3-19(25)20(26)24-21-23-18(13-29-21)15-6-8-16(22)9-7-15/h4-11,13,19H,2-3,12H2,1H3,(H,23,24,26). The fourth-order valence-corrected chi connectivity index (χ4v) is 6.15. The number of thiazole rings is 1. The molecule has 0 bridgehead atoms. The molecule has 4 rings (SSSR count). The quantitative estimate of drug-likeness (QED) is 0.472. The van der Waals surface area contributed by atoms with Gasteiger partial charge in [-0.05, 0) is 66.6 Å². The van der Waals surface area contributed by atoms with Gasteiger partial charge in [0.2, 0.25) is 15.9 Å². The summed E-state index contributed by atoms with van der Waals surface area (Å²) in [6, 6.07) is 13.9. The van der Waals surface area contributed by atoms with Crippen molar-refractivity contribution in [3.8, 4) is 11.3 Å². The van der Waals surface area contributed by atoms with Crippen molar-refractivity contribution in [3.05, 3.63) is 63.0 Å². The SMILES string of the molecule is Cc1ccc(S(=O)(=O)N2CCCC2C(=O)Nc2nc(-c3ccc(I)cc3)cs2)cc1. The molecule has 1 fully saturated rings. The molecule has 0 saturated carbocycles. The molecule has 30 heavy (non-hydrogen) atoms. The van der Waals surface area contributed by atoms with E-state index < -0.39 is 16.1 Å². The monoisotopic (exact) mass is 553 g/mol. The number of aromatic nitrogens is 1. The molecule has 0 spiro atoms. The number of aryl methyl sites for hydroxylation is 1. The lowest BCUT2D eigenvalue weighted by molar-refractivity contribution is -0.119. The number of carbonyl (C=O) groups is 1. The molecular formula is C21H20IN3O3S2. The second-order valence-corrected chi connectivity index (χ2v) is 11.1. The minimum Gasteiger partial charge on any atom is -0.301 e. The van der Waals surface area contributed by atoms with Crippen LogP contribution in [0.4, 0.5) is 5.13 Å². The summed E-state index contributed by atoms with van der Waals surface area (Å²) >= 11 is 3.57. The van der Waals surface area contributed by atoms with Gasteiger partial charge in [0.05, 0.1) is 10.6 Å². The van der Waals surface area contributed by atoms with Crippen molar-refractivity contribution in [1.82, 2.24) is 9.29 Å². The zero-order valence-corrected chi connectivity index (χ0v) is 20.0. The molecule has 1 aliphatic heterocycles. The maximum Gasteiger partial charge on any atom is 0.244 e. The van der Waals surface area contributed by atoms with Crippen molar-refractivity contribution in [3.63, 3.8) is 0 Å². The Balaban J connectivity index is 1.50. The van der Waals surface area contributed by atoms with E-state index in [0.29, 0.717) is 24.5 Å². The van der Waals surface area contributed by atoms with Gasteiger partial charge in [0.25, 0.3) is 0 Å². The topological polar surface area (TPSA) is 79.4 Å². The fourth-order valence-electron chi connectivity index (χ4n) is 3.41. The van der Waals surface area contributed by atoms with Crippen LogP contribution in [0.25, 0.3) is 11.3 Å². The normalized spacial score (nSPS) is 17.2. The number of nitrogens with zero attached hydrogens (tertiary/aromatic N) is 2. The van der Waals surface area contributed by atoms with E-state index in [-0.39, 0.29) is 10.8 Å². The van der Waals surface area contributed by atoms with E-state index in [1.807, 2.05) is 36.6 Å². The number of amides is 1. The third-order valence-corrected chi connectivity index (χ3v) is 8.41. The highest BCUT2D eigenvalue weighted by molar-refractivity contribution is 14.1. The summed E-state index contributed by atoms with van der Waals surface area (Å²) in [6.45, 7) is 2.24. The molecule has 156 valence electrons. The summed E-state index contributed by atoms with van der Waals surface area (Å²) in [5, 5.41) is 5.16. The number of benzene rings is 2. The highest BCUT2D eigenvalue weighted by Crippen LogP contribution is 2.29. The van der Waals surface area contributed by atoms with Crippen molar-refractivity contribution in [1.29, 1.82) is 0 Å². The number of carbonyl (C=O) groups excluding carboxylic acids is 1. The highest BCUT2D eigenvalue weighted by atomic mass is 127. The summed E-state index contributed by atoms with van der Waals surface area (Å²) in [5.41, 5.74) is 2.73. The first-order chi connectivity index (χ1) is 14.3. The Bertz CT molecular complexity index is 1160. The Hall–Kier alpha value is -1.82. The molecule has 1 amide bonds. The van der Waals surface area contributed by atoms with E-state index in [9.17, 15) is 13.2 Å². The summed E-state index contributed by atoms with van der Waals surface area (Å²) < 4.78 is 28.6. The second kappa shape index (κ2) is 8.74. The van der Waals surface area contributed by atoms with Gasteiger partial charge in [0.1, 0.15) is 6.04 Å². The van der Waals surface area contributed by atoms with Gasteiger partial charge in [0.15, 0.2) is 5.13 Å². The molecule has 9 heteroatoms. The Morgan fingerprint density at radius 3 is 2.57 bits per heavy atom. The van der Waals surface area contributed by atoms with E-state index in [4.69, 9.17) is 0 Å². The van der Waals surface area contributed by atoms with Crippen LogP contribution in [0, 0.1) is 10.5 Å². The van der Waals surface area contributed by atoms with Crippen LogP contribution in [-0.2, 0) is 14.8 Å². The molecule has 6 nitrogen and oxygen atoms in total. The lowest BCUT2D eigenvalue weighted by Gasteiger charge is -2.23. The van der Waals surface area contributed by atoms with Gasteiger partial charge in [-0.1, -0.05) is 29.8 Å². The second-order valence-electron chi connectivity index (χ2n) is 7.12. The molecule has 0 radical (unpaired) electrons. The largest absolute Gasteiger partial charge is 0.301 e. The van der Waals surface area contributed by atoms with Gasteiger partial charge in [-0.3, -0.25) is 4.79 Å². The first kappa shape index (κ1) is 21.4. The Morgan fingerprint density at radius 1 is 1.17 bits per heavy atom. The average Bonchev–Trinajstić information content (AvgIpc) is 3.39. The highest BCUT2D eigenvalue weighted by Gasteiger charge is 2.39. The molecule has 2 heterocycles. The van der Waals surface area contributed by atoms with E-state index in [2.05, 4.69) is 32.9 Å². The summed E-state index contributed by atoms with van der Waals surface area (Å²) in [5.74, 6) is -0.341. The number of rotatable bonds is 5. The number of halogens is 1. The van der Waals surface area contributed by atoms with Crippen LogP contribution >= 0.6 is 33.9 Å². The van der Waals surface area contributed by atoms with Crippen LogP contribution in [0.3, 0.4) is 0 Å². The van der Waals surface area contributed by atoms with Crippen molar-refractivity contribution in [2.24, 2.45) is 0 Å². The third-order valence-electron chi connectivity index (χ3n) is 5.01. The number of hydrogen-bond acceptors (Lipinski definition) is 5. The smallest absolute Gasteiger partial charge is 0.244 e. The number of hydrogen-bond donors (Lipinski definition) is 1. The average molecular weight is 553 g/mol. The third kappa shape index (κ3) is 4.43.